The molecule has 0 radical (unpaired) electrons. The molecular formula is C14H13NRa7. The molecule has 2 aromatic carbocycles. The molecular weight excluding hydrogens is 1760 g/mol. The van der Waals surface area contributed by atoms with Crippen molar-refractivity contribution in [2.45, 2.75) is 13.8 Å². The summed E-state index contributed by atoms with van der Waals surface area (Å²) in [4.78, 5) is 0. The molecule has 1 aromatic heterocycles. The van der Waals surface area contributed by atoms with E-state index >= 15 is 0 Å². The zero-order valence-electron chi connectivity index (χ0n) is 15.4. The Morgan fingerprint density at radius 3 is 1.18 bits per heavy atom. The van der Waals surface area contributed by atoms with Crippen molar-refractivity contribution >= 4 is 25.4 Å². The predicted octanol–water partition coefficient (Wildman–Crippen LogP) is -3.10. The van der Waals surface area contributed by atoms with E-state index in [-0.39, 0.29) is 0 Å². The molecule has 0 bridgehead atoms. The minimum atomic E-state index is 0.399. The van der Waals surface area contributed by atoms with E-state index in [0.29, 0.717) is 300 Å². The van der Waals surface area contributed by atoms with E-state index in [4.69, 9.17) is 0 Å². The van der Waals surface area contributed by atoms with Gasteiger partial charge in [-0.2, -0.15) is 0 Å². The first-order valence-corrected chi connectivity index (χ1v) is 36.5. The van der Waals surface area contributed by atoms with Crippen LogP contribution in [0.5, 0.6) is 0 Å². The third-order valence-electron chi connectivity index (χ3n) is 6.23. The van der Waals surface area contributed by atoms with E-state index < -0.39 is 0 Å². The molecule has 0 aliphatic carbocycles. The topological polar surface area (TPSA) is 4.93 Å². The van der Waals surface area contributed by atoms with Crippen LogP contribution in [0.1, 0.15) is 11.1 Å². The van der Waals surface area contributed by atoms with E-state index in [1.54, 1.807) is 32.9 Å². The molecule has 3 aromatic rings. The molecule has 0 aliphatic heterocycles. The second-order valence-electron chi connectivity index (χ2n) is 7.01. The Kier molecular flexibility index (Phi) is 12.1. The first-order valence-electron chi connectivity index (χ1n) is 8.14. The van der Waals surface area contributed by atoms with Crippen molar-refractivity contribution in [2.24, 2.45) is 0 Å². The van der Waals surface area contributed by atoms with Gasteiger partial charge in [0.15, 0.2) is 0 Å². The Morgan fingerprint density at radius 1 is 0.545 bits per heavy atom. The summed E-state index contributed by atoms with van der Waals surface area (Å²) in [6.45, 7) is 4.96. The van der Waals surface area contributed by atoms with Crippen LogP contribution in [-0.4, -0.2) is 0.0986 Å². The molecule has 0 N–H and O–H groups in total. The first kappa shape index (κ1) is 25.1. The Bertz CT molecular complexity index is 894. The van der Waals surface area contributed by atoms with Crippen LogP contribution in [0.4, 0.5) is 0 Å². The van der Waals surface area contributed by atoms with Crippen molar-refractivity contribution in [3.8, 4) is 0 Å². The fraction of sp³-hybridized carbons (Fsp3) is 0.143. The molecule has 22 heavy (non-hydrogen) atoms. The molecule has 0 saturated heterocycles. The van der Waals surface area contributed by atoms with Crippen LogP contribution in [0.2, 0.25) is 0 Å². The maximum atomic E-state index is 2.89. The van der Waals surface area contributed by atoms with Gasteiger partial charge in [0, 0.05) is 0 Å². The number of hydrogen-bond acceptors (Lipinski definition) is 0. The van der Waals surface area contributed by atoms with Gasteiger partial charge in [0.2, 0.25) is 0 Å². The SMILES string of the molecule is Cc1[c]([RaH])[c]([RaH])[c]([RaH])c2c1c1c(C)[c]([RaH])[c]([RaH])[c]([RaH])c1[n]2[RaH]. The van der Waals surface area contributed by atoms with Gasteiger partial charge in [0.25, 0.3) is 0 Å². The van der Waals surface area contributed by atoms with Crippen LogP contribution in [0.25, 0.3) is 21.8 Å². The number of aromatic nitrogens is 1. The maximum absolute atomic E-state index is 2.89. The van der Waals surface area contributed by atoms with Crippen LogP contribution in [0.3, 0.4) is 0 Å². The van der Waals surface area contributed by atoms with Crippen LogP contribution in [0, 0.1) is 314 Å². The van der Waals surface area contributed by atoms with Crippen LogP contribution in [0.15, 0.2) is 0 Å². The van der Waals surface area contributed by atoms with Gasteiger partial charge in [-0.05, 0) is 0 Å². The molecule has 0 spiro atoms. The van der Waals surface area contributed by atoms with E-state index in [1.165, 1.54) is 0 Å². The number of rotatable bonds is 0. The molecule has 0 atom stereocenters. The molecule has 88 valence electrons. The Labute approximate surface area is 337 Å². The van der Waals surface area contributed by atoms with Gasteiger partial charge in [-0.15, -0.1) is 0 Å². The van der Waals surface area contributed by atoms with Gasteiger partial charge < -0.3 is 0 Å². The Morgan fingerprint density at radius 2 is 0.864 bits per heavy atom. The number of fused-ring (bicyclic) bond motifs is 3. The van der Waals surface area contributed by atoms with Crippen molar-refractivity contribution in [1.82, 2.24) is 0.0986 Å². The predicted molar refractivity (Wildman–Crippen MR) is 71.9 cm³/mol. The second kappa shape index (κ2) is 10.6. The summed E-state index contributed by atoms with van der Waals surface area (Å²) in [5.41, 5.74) is 7.07. The van der Waals surface area contributed by atoms with Crippen molar-refractivity contribution < 1.29 is 300 Å². The average molecular weight is 1780 g/mol. The zero-order valence-corrected chi connectivity index (χ0v) is 73.0. The summed E-state index contributed by atoms with van der Waals surface area (Å²) in [6.07, 6.45) is 0. The number of benzene rings is 2. The summed E-state index contributed by atoms with van der Waals surface area (Å²) >= 11 is 3.54. The molecule has 0 fully saturated rings. The van der Waals surface area contributed by atoms with Crippen molar-refractivity contribution in [1.29, 1.82) is 0 Å². The molecule has 0 aliphatic rings. The minimum absolute atomic E-state index is 0.399. The summed E-state index contributed by atoms with van der Waals surface area (Å²) in [5, 5.41) is 3.54. The molecule has 0 saturated carbocycles. The monoisotopic (exact) mass is 1780 g/mol. The van der Waals surface area contributed by atoms with Crippen molar-refractivity contribution in [3.05, 3.63) is 11.1 Å². The molecule has 3 rings (SSSR count). The Hall–Kier alpha value is 8.51. The summed E-state index contributed by atoms with van der Waals surface area (Å²) < 4.78 is 14.5. The van der Waals surface area contributed by atoms with Crippen LogP contribution >= 0.6 is 0 Å². The summed E-state index contributed by atoms with van der Waals surface area (Å²) in [6, 6.07) is 0. The van der Waals surface area contributed by atoms with Gasteiger partial charge in [0.1, 0.15) is 0 Å². The van der Waals surface area contributed by atoms with Gasteiger partial charge in [-0.1, -0.05) is 0 Å². The zero-order chi connectivity index (χ0) is 16.5. The fourth-order valence-corrected chi connectivity index (χ4v) is 58.8. The van der Waals surface area contributed by atoms with E-state index in [0.717, 1.165) is 0 Å². The second-order valence-corrected chi connectivity index (χ2v) is 35.3. The molecule has 8 heteroatoms. The molecule has 0 amide bonds. The molecule has 0 unspecified atom stereocenters. The fourth-order valence-electron chi connectivity index (χ4n) is 4.15. The van der Waals surface area contributed by atoms with Gasteiger partial charge in [-0.25, -0.2) is 0 Å². The Balaban J connectivity index is 2.81. The van der Waals surface area contributed by atoms with Crippen molar-refractivity contribution in [2.75, 3.05) is 0 Å². The summed E-state index contributed by atoms with van der Waals surface area (Å²) in [7, 11) is 0. The van der Waals surface area contributed by atoms with Crippen LogP contribution < -0.4 is 3.63 Å². The number of nitrogens with zero attached hydrogens (tertiary/aromatic N) is 1. The van der Waals surface area contributed by atoms with Crippen molar-refractivity contribution in [3.63, 3.8) is 0 Å². The van der Waals surface area contributed by atoms with Gasteiger partial charge >= 0.3 is 350 Å². The third-order valence-corrected chi connectivity index (χ3v) is 112. The average Bonchev–Trinajstić information content (AvgIpc) is 2.80. The number of hydrogen-bond donors (Lipinski definition) is 0. The molecule has 1 nitrogen and oxygen atoms in total. The van der Waals surface area contributed by atoms with Crippen LogP contribution in [-0.2, 0) is 0 Å². The van der Waals surface area contributed by atoms with Gasteiger partial charge in [0.05, 0.1) is 0 Å². The molecule has 1 heterocycles. The first-order chi connectivity index (χ1) is 10.2. The van der Waals surface area contributed by atoms with E-state index in [9.17, 15) is 0 Å². The van der Waals surface area contributed by atoms with Gasteiger partial charge in [-0.3, -0.25) is 0 Å². The quantitative estimate of drug-likeness (QED) is 0.225. The van der Waals surface area contributed by atoms with E-state index in [2.05, 4.69) is 13.9 Å². The standard InChI is InChI=1S/C14H6N.7Ra.7H/c1-9-5-3-7-11-13(9)14-10(2)6-4-8-12(14)15-11;;;;;;;;;;;;;;/h1-2H3;;;;;;;;;;;;;;/q-1;;;;;;;+1;;;;;;;. The van der Waals surface area contributed by atoms with E-state index in [1.807, 2.05) is 3.63 Å². The normalized spacial score (nSPS) is 11.2. The summed E-state index contributed by atoms with van der Waals surface area (Å²) in [5.74, 6) is 0. The third kappa shape index (κ3) is 4.60. The number of aryl methyl sites for hydroxylation is 2.